The molecule has 0 spiro atoms. The van der Waals surface area contributed by atoms with E-state index in [2.05, 4.69) is 5.32 Å². The maximum absolute atomic E-state index is 13.2. The monoisotopic (exact) mass is 374 g/mol. The first-order valence-corrected chi connectivity index (χ1v) is 9.31. The third-order valence-electron chi connectivity index (χ3n) is 5.31. The number of rotatable bonds is 3. The van der Waals surface area contributed by atoms with E-state index in [0.717, 1.165) is 0 Å². The molecule has 0 aromatic heterocycles. The minimum atomic E-state index is -1.29. The van der Waals surface area contributed by atoms with E-state index in [1.165, 1.54) is 0 Å². The van der Waals surface area contributed by atoms with Crippen molar-refractivity contribution >= 4 is 17.5 Å². The number of aliphatic hydroxyl groups excluding tert-OH is 1. The van der Waals surface area contributed by atoms with Crippen LogP contribution in [0.4, 0.5) is 0 Å². The minimum Gasteiger partial charge on any atom is -0.511 e. The van der Waals surface area contributed by atoms with Gasteiger partial charge in [-0.25, -0.2) is 4.99 Å². The van der Waals surface area contributed by atoms with Crippen LogP contribution >= 0.6 is 0 Å². The number of aliphatic hydroxyl groups is 1. The molecule has 1 aliphatic carbocycles. The highest BCUT2D eigenvalue weighted by Gasteiger charge is 2.49. The molecule has 4 rings (SSSR count). The molecule has 0 atom stereocenters. The Balaban J connectivity index is 1.91. The third kappa shape index (κ3) is 2.83. The van der Waals surface area contributed by atoms with Gasteiger partial charge in [-0.3, -0.25) is 9.59 Å². The van der Waals surface area contributed by atoms with Crippen molar-refractivity contribution in [1.29, 1.82) is 0 Å². The summed E-state index contributed by atoms with van der Waals surface area (Å²) in [6, 6.07) is 18.5. The van der Waals surface area contributed by atoms with Crippen LogP contribution in [0, 0.1) is 5.41 Å². The number of Topliss-reactive ketones (excluding diaryl/α,β-unsaturated/α-hetero) is 1. The van der Waals surface area contributed by atoms with Crippen molar-refractivity contribution in [1.82, 2.24) is 5.32 Å². The van der Waals surface area contributed by atoms with Crippen LogP contribution in [0.15, 0.2) is 77.0 Å². The second-order valence-electron chi connectivity index (χ2n) is 8.12. The normalized spacial score (nSPS) is 20.7. The van der Waals surface area contributed by atoms with Gasteiger partial charge in [-0.2, -0.15) is 0 Å². The number of hydrogen-bond acceptors (Lipinski definition) is 4. The fourth-order valence-corrected chi connectivity index (χ4v) is 4.04. The lowest BCUT2D eigenvalue weighted by atomic mass is 9.76. The molecule has 2 aliphatic rings. The third-order valence-corrected chi connectivity index (χ3v) is 5.31. The van der Waals surface area contributed by atoms with Crippen LogP contribution in [0.2, 0.25) is 0 Å². The van der Waals surface area contributed by atoms with E-state index in [-0.39, 0.29) is 34.3 Å². The predicted octanol–water partition coefficient (Wildman–Crippen LogP) is 3.66. The zero-order valence-electron chi connectivity index (χ0n) is 15.9. The van der Waals surface area contributed by atoms with Crippen molar-refractivity contribution in [2.45, 2.75) is 32.2 Å². The maximum atomic E-state index is 13.2. The van der Waals surface area contributed by atoms with Gasteiger partial charge >= 0.3 is 0 Å². The molecule has 0 saturated carbocycles. The molecule has 5 heteroatoms. The van der Waals surface area contributed by atoms with Crippen LogP contribution in [0.5, 0.6) is 0 Å². The Morgan fingerprint density at radius 1 is 0.893 bits per heavy atom. The van der Waals surface area contributed by atoms with E-state index in [1.54, 1.807) is 0 Å². The van der Waals surface area contributed by atoms with Gasteiger partial charge < -0.3 is 10.4 Å². The maximum Gasteiger partial charge on any atom is 0.262 e. The zero-order chi connectivity index (χ0) is 19.9. The number of ketones is 1. The second-order valence-corrected chi connectivity index (χ2v) is 8.12. The predicted molar refractivity (Wildman–Crippen MR) is 107 cm³/mol. The van der Waals surface area contributed by atoms with E-state index in [9.17, 15) is 14.7 Å². The van der Waals surface area contributed by atoms with Gasteiger partial charge in [-0.15, -0.1) is 0 Å². The number of amides is 1. The molecule has 1 aliphatic heterocycles. The molecule has 2 N–H and O–H groups in total. The van der Waals surface area contributed by atoms with Crippen LogP contribution < -0.4 is 5.32 Å². The number of hydrogen-bond donors (Lipinski definition) is 2. The number of nitrogens with zero attached hydrogens (tertiary/aromatic N) is 1. The molecule has 0 radical (unpaired) electrons. The summed E-state index contributed by atoms with van der Waals surface area (Å²) in [6.45, 7) is 3.87. The summed E-state index contributed by atoms with van der Waals surface area (Å²) in [7, 11) is 0. The Labute approximate surface area is 163 Å². The summed E-state index contributed by atoms with van der Waals surface area (Å²) in [5.41, 5.74) is -0.0708. The number of amidine groups is 1. The highest BCUT2D eigenvalue weighted by Crippen LogP contribution is 2.41. The zero-order valence-corrected chi connectivity index (χ0v) is 15.9. The largest absolute Gasteiger partial charge is 0.511 e. The van der Waals surface area contributed by atoms with Crippen molar-refractivity contribution in [3.8, 4) is 0 Å². The van der Waals surface area contributed by atoms with Crippen LogP contribution in [0.1, 0.15) is 37.8 Å². The summed E-state index contributed by atoms with van der Waals surface area (Å²) in [4.78, 5) is 30.7. The summed E-state index contributed by atoms with van der Waals surface area (Å²) in [6.07, 6.45) is 0.664. The molecule has 1 amide bonds. The summed E-state index contributed by atoms with van der Waals surface area (Å²) >= 11 is 0. The number of benzene rings is 2. The average molecular weight is 374 g/mol. The molecule has 0 bridgehead atoms. The van der Waals surface area contributed by atoms with E-state index in [0.29, 0.717) is 24.0 Å². The number of carbonyl (C=O) groups excluding carboxylic acids is 2. The first-order chi connectivity index (χ1) is 13.3. The molecule has 2 aromatic rings. The van der Waals surface area contributed by atoms with Gasteiger partial charge in [0.1, 0.15) is 11.6 Å². The smallest absolute Gasteiger partial charge is 0.262 e. The van der Waals surface area contributed by atoms with Crippen molar-refractivity contribution in [3.63, 3.8) is 0 Å². The molecule has 28 heavy (non-hydrogen) atoms. The van der Waals surface area contributed by atoms with Crippen molar-refractivity contribution in [2.75, 3.05) is 0 Å². The molecule has 2 aromatic carbocycles. The van der Waals surface area contributed by atoms with E-state index in [1.807, 2.05) is 74.5 Å². The summed E-state index contributed by atoms with van der Waals surface area (Å²) < 4.78 is 0. The first-order valence-electron chi connectivity index (χ1n) is 9.31. The fourth-order valence-electron chi connectivity index (χ4n) is 4.04. The average Bonchev–Trinajstić information content (AvgIpc) is 2.99. The van der Waals surface area contributed by atoms with Gasteiger partial charge in [0.05, 0.1) is 5.57 Å². The van der Waals surface area contributed by atoms with Gasteiger partial charge in [-0.05, 0) is 16.5 Å². The van der Waals surface area contributed by atoms with Gasteiger partial charge in [0.25, 0.3) is 5.91 Å². The Bertz CT molecular complexity index is 965. The second kappa shape index (κ2) is 6.44. The van der Waals surface area contributed by atoms with Crippen molar-refractivity contribution < 1.29 is 14.7 Å². The molecular formula is C23H22N2O3. The highest BCUT2D eigenvalue weighted by atomic mass is 16.3. The van der Waals surface area contributed by atoms with Crippen molar-refractivity contribution in [2.24, 2.45) is 10.4 Å². The molecule has 1 heterocycles. The first kappa shape index (κ1) is 18.2. The Hall–Kier alpha value is -3.21. The lowest BCUT2D eigenvalue weighted by molar-refractivity contribution is -0.122. The molecule has 142 valence electrons. The van der Waals surface area contributed by atoms with Crippen LogP contribution in [-0.2, 0) is 15.1 Å². The molecular weight excluding hydrogens is 352 g/mol. The van der Waals surface area contributed by atoms with Gasteiger partial charge in [-0.1, -0.05) is 74.5 Å². The highest BCUT2D eigenvalue weighted by molar-refractivity contribution is 6.28. The van der Waals surface area contributed by atoms with Crippen LogP contribution in [0.25, 0.3) is 0 Å². The topological polar surface area (TPSA) is 78.8 Å². The Morgan fingerprint density at radius 2 is 1.43 bits per heavy atom. The minimum absolute atomic E-state index is 0.0165. The van der Waals surface area contributed by atoms with E-state index in [4.69, 9.17) is 4.99 Å². The van der Waals surface area contributed by atoms with E-state index < -0.39 is 5.54 Å². The lowest BCUT2D eigenvalue weighted by Gasteiger charge is -2.29. The standard InChI is InChI=1S/C23H22N2O3/c1-22(2)13-17(26)19(18(27)14-22)20-24-21(28)23(25-20,15-9-5-3-6-10-15)16-11-7-4-8-12-16/h3-12,26H,13-14H2,1-2H3,(H,24,25,28). The number of aliphatic imine (C=N–C) groups is 1. The van der Waals surface area contributed by atoms with Gasteiger partial charge in [0.2, 0.25) is 0 Å². The quantitative estimate of drug-likeness (QED) is 0.861. The number of allylic oxidation sites excluding steroid dienone is 1. The number of carbonyl (C=O) groups is 2. The summed E-state index contributed by atoms with van der Waals surface area (Å²) in [5, 5.41) is 13.3. The lowest BCUT2D eigenvalue weighted by Crippen LogP contribution is -2.40. The SMILES string of the molecule is CC1(C)CC(=O)C(C2=NC(c3ccccc3)(c3ccccc3)C(=O)N2)=C(O)C1. The number of nitrogens with one attached hydrogen (secondary N) is 1. The van der Waals surface area contributed by atoms with Crippen molar-refractivity contribution in [3.05, 3.63) is 83.1 Å². The van der Waals surface area contributed by atoms with Crippen LogP contribution in [-0.4, -0.2) is 22.6 Å². The fraction of sp³-hybridized carbons (Fsp3) is 0.261. The molecule has 0 saturated heterocycles. The summed E-state index contributed by atoms with van der Waals surface area (Å²) in [5.74, 6) is -0.407. The van der Waals surface area contributed by atoms with Gasteiger partial charge in [0, 0.05) is 12.8 Å². The van der Waals surface area contributed by atoms with Crippen LogP contribution in [0.3, 0.4) is 0 Å². The molecule has 0 fully saturated rings. The van der Waals surface area contributed by atoms with Gasteiger partial charge in [0.15, 0.2) is 11.3 Å². The molecule has 0 unspecified atom stereocenters. The Kier molecular flexibility index (Phi) is 4.18. The van der Waals surface area contributed by atoms with E-state index >= 15 is 0 Å². The molecule has 5 nitrogen and oxygen atoms in total. The Morgan fingerprint density at radius 3 is 1.93 bits per heavy atom.